The van der Waals surface area contributed by atoms with Crippen LogP contribution in [0.25, 0.3) is 0 Å². The van der Waals surface area contributed by atoms with Crippen LogP contribution in [0.3, 0.4) is 0 Å². The maximum atomic E-state index is 11.7. The monoisotopic (exact) mass is 325 g/mol. The van der Waals surface area contributed by atoms with E-state index >= 15 is 0 Å². The summed E-state index contributed by atoms with van der Waals surface area (Å²) in [5, 5.41) is 49.7. The van der Waals surface area contributed by atoms with Crippen LogP contribution in [0.5, 0.6) is 0 Å². The minimum absolute atomic E-state index is 0.493. The molecule has 0 spiro atoms. The van der Waals surface area contributed by atoms with E-state index in [9.17, 15) is 25.2 Å². The third-order valence-electron chi connectivity index (χ3n) is 3.49. The summed E-state index contributed by atoms with van der Waals surface area (Å²) in [6, 6.07) is -0.681. The van der Waals surface area contributed by atoms with E-state index in [0.717, 1.165) is 0 Å². The second kappa shape index (κ2) is 7.23. The van der Waals surface area contributed by atoms with Crippen LogP contribution in [0.1, 0.15) is 13.8 Å². The van der Waals surface area contributed by atoms with Crippen LogP contribution < -0.4 is 5.32 Å². The summed E-state index contributed by atoms with van der Waals surface area (Å²) in [5.41, 5.74) is 0. The first-order chi connectivity index (χ1) is 9.65. The molecule has 1 saturated heterocycles. The molecule has 8 nitrogen and oxygen atoms in total. The lowest BCUT2D eigenvalue weighted by Crippen LogP contribution is -2.53. The molecule has 0 radical (unpaired) electrons. The molecule has 1 heterocycles. The number of rotatable bonds is 6. The first kappa shape index (κ1) is 18.6. The van der Waals surface area contributed by atoms with Gasteiger partial charge in [-0.3, -0.25) is 10.1 Å². The highest BCUT2D eigenvalue weighted by molar-refractivity contribution is 8.01. The van der Waals surface area contributed by atoms with Crippen LogP contribution in [0.2, 0.25) is 0 Å². The third-order valence-corrected chi connectivity index (χ3v) is 5.00. The average Bonchev–Trinajstić information content (AvgIpc) is 2.78. The van der Waals surface area contributed by atoms with E-state index in [1.807, 2.05) is 0 Å². The molecule has 21 heavy (non-hydrogen) atoms. The minimum atomic E-state index is -1.70. The van der Waals surface area contributed by atoms with Gasteiger partial charge in [-0.05, 0) is 13.8 Å². The Morgan fingerprint density at radius 3 is 2.33 bits per heavy atom. The lowest BCUT2D eigenvalue weighted by atomic mass is 10.0. The van der Waals surface area contributed by atoms with Crippen molar-refractivity contribution in [1.29, 1.82) is 0 Å². The van der Waals surface area contributed by atoms with E-state index in [0.29, 0.717) is 0 Å². The van der Waals surface area contributed by atoms with Gasteiger partial charge in [0.2, 0.25) is 0 Å². The molecule has 1 fully saturated rings. The second-order valence-corrected chi connectivity index (χ2v) is 7.28. The number of carbonyl (C=O) groups is 1. The van der Waals surface area contributed by atoms with Crippen molar-refractivity contribution in [1.82, 2.24) is 5.32 Å². The molecule has 0 aliphatic carbocycles. The zero-order chi connectivity index (χ0) is 16.4. The predicted molar refractivity (Wildman–Crippen MR) is 75.5 cm³/mol. The van der Waals surface area contributed by atoms with Gasteiger partial charge >= 0.3 is 5.97 Å². The minimum Gasteiger partial charge on any atom is -0.468 e. The standard InChI is InChI=1S/C12H23NO7S/c1-12(2)9(11(19)20-3)13-10(21-12)8(18)7(17)6(16)5(15)4-14/h5-10,13-18H,4H2,1-3H3/t5-,6-,7-,8-,9+,10-/m1/s1. The lowest BCUT2D eigenvalue weighted by Gasteiger charge is -2.29. The van der Waals surface area contributed by atoms with Crippen molar-refractivity contribution in [2.75, 3.05) is 13.7 Å². The van der Waals surface area contributed by atoms with Crippen molar-refractivity contribution >= 4 is 17.7 Å². The van der Waals surface area contributed by atoms with Gasteiger partial charge in [-0.15, -0.1) is 11.8 Å². The van der Waals surface area contributed by atoms with E-state index in [1.54, 1.807) is 13.8 Å². The normalized spacial score (nSPS) is 30.5. The molecule has 1 aliphatic rings. The average molecular weight is 325 g/mol. The van der Waals surface area contributed by atoms with Crippen molar-refractivity contribution in [2.24, 2.45) is 0 Å². The zero-order valence-electron chi connectivity index (χ0n) is 12.1. The number of methoxy groups -OCH3 is 1. The molecule has 0 aromatic rings. The summed E-state index contributed by atoms with van der Waals surface area (Å²) in [6.07, 6.45) is -6.39. The summed E-state index contributed by atoms with van der Waals surface area (Å²) < 4.78 is 4.10. The molecule has 0 unspecified atom stereocenters. The van der Waals surface area contributed by atoms with Crippen molar-refractivity contribution < 1.29 is 35.1 Å². The van der Waals surface area contributed by atoms with Gasteiger partial charge in [-0.1, -0.05) is 0 Å². The number of hydrogen-bond acceptors (Lipinski definition) is 9. The van der Waals surface area contributed by atoms with Gasteiger partial charge in [0.1, 0.15) is 30.5 Å². The van der Waals surface area contributed by atoms with Gasteiger partial charge in [0.15, 0.2) is 0 Å². The van der Waals surface area contributed by atoms with E-state index in [4.69, 9.17) is 5.11 Å². The summed E-state index contributed by atoms with van der Waals surface area (Å²) in [5.74, 6) is -0.493. The molecule has 1 rings (SSSR count). The summed E-state index contributed by atoms with van der Waals surface area (Å²) in [6.45, 7) is 2.82. The number of ether oxygens (including phenoxy) is 1. The third kappa shape index (κ3) is 4.07. The number of nitrogens with one attached hydrogen (secondary N) is 1. The highest BCUT2D eigenvalue weighted by Crippen LogP contribution is 2.40. The van der Waals surface area contributed by atoms with Crippen LogP contribution >= 0.6 is 11.8 Å². The molecule has 6 atom stereocenters. The first-order valence-corrected chi connectivity index (χ1v) is 7.38. The van der Waals surface area contributed by atoms with Crippen molar-refractivity contribution in [2.45, 2.75) is 54.4 Å². The maximum Gasteiger partial charge on any atom is 0.324 e. The SMILES string of the molecule is COC(=O)[C@@H]1N[C@@H]([C@H](O)[C@H](O)[C@H](O)[C@H](O)CO)SC1(C)C. The molecular formula is C12H23NO7S. The maximum absolute atomic E-state index is 11.7. The molecule has 124 valence electrons. The Bertz CT molecular complexity index is 368. The van der Waals surface area contributed by atoms with E-state index < -0.39 is 53.2 Å². The van der Waals surface area contributed by atoms with Crippen LogP contribution in [-0.4, -0.2) is 85.8 Å². The number of aliphatic hydroxyl groups is 5. The smallest absolute Gasteiger partial charge is 0.324 e. The molecular weight excluding hydrogens is 302 g/mol. The van der Waals surface area contributed by atoms with Crippen molar-refractivity contribution in [3.8, 4) is 0 Å². The lowest BCUT2D eigenvalue weighted by molar-refractivity contribution is -0.144. The number of carbonyl (C=O) groups excluding carboxylic acids is 1. The number of aliphatic hydroxyl groups excluding tert-OH is 5. The molecule has 0 saturated carbocycles. The summed E-state index contributed by atoms with van der Waals surface area (Å²) >= 11 is 1.22. The highest BCUT2D eigenvalue weighted by atomic mass is 32.2. The van der Waals surface area contributed by atoms with E-state index in [1.165, 1.54) is 18.9 Å². The molecule has 6 N–H and O–H groups in total. The van der Waals surface area contributed by atoms with Gasteiger partial charge in [0, 0.05) is 4.75 Å². The van der Waals surface area contributed by atoms with Crippen LogP contribution in [0.4, 0.5) is 0 Å². The Morgan fingerprint density at radius 2 is 1.86 bits per heavy atom. The van der Waals surface area contributed by atoms with Crippen LogP contribution in [0.15, 0.2) is 0 Å². The largest absolute Gasteiger partial charge is 0.468 e. The topological polar surface area (TPSA) is 139 Å². The van der Waals surface area contributed by atoms with Gasteiger partial charge in [-0.2, -0.15) is 0 Å². The Morgan fingerprint density at radius 1 is 1.29 bits per heavy atom. The summed E-state index contributed by atoms with van der Waals surface area (Å²) in [4.78, 5) is 11.7. The molecule has 0 aromatic heterocycles. The van der Waals surface area contributed by atoms with E-state index in [2.05, 4.69) is 10.1 Å². The molecule has 0 amide bonds. The number of hydrogen-bond donors (Lipinski definition) is 6. The Kier molecular flexibility index (Phi) is 6.41. The quantitative estimate of drug-likeness (QED) is 0.290. The summed E-state index contributed by atoms with van der Waals surface area (Å²) in [7, 11) is 1.25. The van der Waals surface area contributed by atoms with Crippen molar-refractivity contribution in [3.63, 3.8) is 0 Å². The molecule has 1 aliphatic heterocycles. The fourth-order valence-corrected chi connectivity index (χ4v) is 3.61. The molecule has 9 heteroatoms. The predicted octanol–water partition coefficient (Wildman–Crippen LogP) is -2.59. The first-order valence-electron chi connectivity index (χ1n) is 6.50. The fourth-order valence-electron chi connectivity index (χ4n) is 2.15. The molecule has 0 aromatic carbocycles. The molecule has 0 bridgehead atoms. The fraction of sp³-hybridized carbons (Fsp3) is 0.917. The Labute approximate surface area is 127 Å². The Hall–Kier alpha value is -0.420. The number of thioether (sulfide) groups is 1. The highest BCUT2D eigenvalue weighted by Gasteiger charge is 2.49. The van der Waals surface area contributed by atoms with Gasteiger partial charge in [0.25, 0.3) is 0 Å². The number of esters is 1. The van der Waals surface area contributed by atoms with Gasteiger partial charge < -0.3 is 30.3 Å². The van der Waals surface area contributed by atoms with Crippen LogP contribution in [-0.2, 0) is 9.53 Å². The second-order valence-electron chi connectivity index (χ2n) is 5.49. The van der Waals surface area contributed by atoms with Gasteiger partial charge in [0.05, 0.1) is 19.1 Å². The van der Waals surface area contributed by atoms with Crippen LogP contribution in [0, 0.1) is 0 Å². The van der Waals surface area contributed by atoms with E-state index in [-0.39, 0.29) is 0 Å². The Balaban J connectivity index is 2.76. The zero-order valence-corrected chi connectivity index (χ0v) is 12.9. The van der Waals surface area contributed by atoms with Gasteiger partial charge in [-0.25, -0.2) is 0 Å². The van der Waals surface area contributed by atoms with Crippen molar-refractivity contribution in [3.05, 3.63) is 0 Å².